The van der Waals surface area contributed by atoms with Crippen molar-refractivity contribution in [3.05, 3.63) is 41.9 Å². The van der Waals surface area contributed by atoms with E-state index in [9.17, 15) is 0 Å². The van der Waals surface area contributed by atoms with Crippen LogP contribution < -0.4 is 0 Å². The molecule has 7 nitrogen and oxygen atoms in total. The molecule has 0 saturated heterocycles. The zero-order chi connectivity index (χ0) is 14.9. The highest BCUT2D eigenvalue weighted by atomic mass is 32.2. The van der Waals surface area contributed by atoms with Crippen LogP contribution in [0.3, 0.4) is 0 Å². The maximum atomic E-state index is 5.90. The Hall–Kier alpha value is -2.06. The smallest absolute Gasteiger partial charge is 0.198 e. The number of aromatic nitrogens is 5. The summed E-state index contributed by atoms with van der Waals surface area (Å²) in [4.78, 5) is 9.89. The van der Waals surface area contributed by atoms with Gasteiger partial charge in [-0.1, -0.05) is 0 Å². The van der Waals surface area contributed by atoms with Gasteiger partial charge in [0.05, 0.1) is 24.3 Å². The third-order valence-electron chi connectivity index (χ3n) is 3.73. The van der Waals surface area contributed by atoms with Crippen molar-refractivity contribution in [2.75, 3.05) is 6.54 Å². The maximum Gasteiger partial charge on any atom is 0.198 e. The lowest BCUT2D eigenvalue weighted by Crippen LogP contribution is -2.29. The fourth-order valence-electron chi connectivity index (χ4n) is 2.58. The molecule has 3 aromatic heterocycles. The second-order valence-electron chi connectivity index (χ2n) is 5.34. The molecule has 3 aromatic rings. The van der Waals surface area contributed by atoms with Crippen LogP contribution in [-0.2, 0) is 26.6 Å². The van der Waals surface area contributed by atoms with Gasteiger partial charge in [-0.05, 0) is 23.9 Å². The van der Waals surface area contributed by atoms with Crippen molar-refractivity contribution in [2.45, 2.75) is 29.8 Å². The van der Waals surface area contributed by atoms with Gasteiger partial charge < -0.3 is 14.0 Å². The van der Waals surface area contributed by atoms with Gasteiger partial charge in [0.15, 0.2) is 10.2 Å². The number of hydrogen-bond acceptors (Lipinski definition) is 6. The van der Waals surface area contributed by atoms with E-state index >= 15 is 0 Å². The van der Waals surface area contributed by atoms with E-state index in [-0.39, 0.29) is 0 Å². The summed E-state index contributed by atoms with van der Waals surface area (Å²) in [7, 11) is 1.92. The van der Waals surface area contributed by atoms with E-state index in [1.807, 2.05) is 23.7 Å². The van der Waals surface area contributed by atoms with Crippen LogP contribution in [0, 0.1) is 0 Å². The van der Waals surface area contributed by atoms with E-state index in [0.717, 1.165) is 42.1 Å². The van der Waals surface area contributed by atoms with Crippen molar-refractivity contribution in [3.63, 3.8) is 0 Å². The van der Waals surface area contributed by atoms with Crippen LogP contribution in [0.25, 0.3) is 0 Å². The number of furan rings is 1. The first kappa shape index (κ1) is 13.6. The molecule has 0 atom stereocenters. The molecule has 1 aliphatic heterocycles. The van der Waals surface area contributed by atoms with E-state index in [1.165, 1.54) is 23.1 Å². The van der Waals surface area contributed by atoms with E-state index in [4.69, 9.17) is 4.42 Å². The van der Waals surface area contributed by atoms with Crippen molar-refractivity contribution in [2.24, 2.45) is 7.05 Å². The average Bonchev–Trinajstić information content (AvgIpc) is 3.22. The molecule has 114 valence electrons. The van der Waals surface area contributed by atoms with Crippen molar-refractivity contribution in [1.29, 1.82) is 0 Å². The molecule has 0 saturated carbocycles. The van der Waals surface area contributed by atoms with Crippen LogP contribution in [0.15, 0.2) is 39.5 Å². The van der Waals surface area contributed by atoms with Crippen LogP contribution in [0.2, 0.25) is 0 Å². The lowest BCUT2D eigenvalue weighted by molar-refractivity contribution is 0.217. The molecule has 4 rings (SSSR count). The number of rotatable bonds is 4. The third-order valence-corrected chi connectivity index (χ3v) is 4.71. The zero-order valence-corrected chi connectivity index (χ0v) is 13.0. The Kier molecular flexibility index (Phi) is 3.47. The predicted octanol–water partition coefficient (Wildman–Crippen LogP) is 1.84. The quantitative estimate of drug-likeness (QED) is 0.791. The maximum absolute atomic E-state index is 5.90. The van der Waals surface area contributed by atoms with Crippen LogP contribution in [0.5, 0.6) is 0 Å². The molecule has 0 unspecified atom stereocenters. The number of nitrogens with one attached hydrogen (secondary N) is 1. The van der Waals surface area contributed by atoms with E-state index in [2.05, 4.69) is 25.1 Å². The first-order valence-corrected chi connectivity index (χ1v) is 7.93. The van der Waals surface area contributed by atoms with Gasteiger partial charge in [-0.15, -0.1) is 10.2 Å². The van der Waals surface area contributed by atoms with E-state index in [0.29, 0.717) is 0 Å². The molecular formula is C14H16N6OS. The molecule has 8 heteroatoms. The number of nitrogens with zero attached hydrogens (tertiary/aromatic N) is 5. The molecule has 0 spiro atoms. The molecular weight excluding hydrogens is 300 g/mol. The summed E-state index contributed by atoms with van der Waals surface area (Å²) < 4.78 is 7.77. The molecule has 0 fully saturated rings. The van der Waals surface area contributed by atoms with Crippen LogP contribution in [0.4, 0.5) is 0 Å². The Balaban J connectivity index is 1.41. The number of hydrogen-bond donors (Lipinski definition) is 1. The number of aromatic amines is 1. The number of imidazole rings is 1. The van der Waals surface area contributed by atoms with Crippen molar-refractivity contribution >= 4 is 11.8 Å². The second kappa shape index (κ2) is 5.62. The van der Waals surface area contributed by atoms with Gasteiger partial charge in [0, 0.05) is 26.6 Å². The largest absolute Gasteiger partial charge is 0.453 e. The Bertz CT molecular complexity index is 776. The third kappa shape index (κ3) is 2.67. The molecule has 4 heterocycles. The summed E-state index contributed by atoms with van der Waals surface area (Å²) in [5.74, 6) is 0.965. The summed E-state index contributed by atoms with van der Waals surface area (Å²) in [6, 6.07) is 4.02. The Labute approximate surface area is 131 Å². The first-order chi connectivity index (χ1) is 10.8. The topological polar surface area (TPSA) is 75.8 Å². The summed E-state index contributed by atoms with van der Waals surface area (Å²) in [5, 5.41) is 9.58. The summed E-state index contributed by atoms with van der Waals surface area (Å²) >= 11 is 1.48. The lowest BCUT2D eigenvalue weighted by Gasteiger charge is -2.24. The van der Waals surface area contributed by atoms with Gasteiger partial charge in [0.1, 0.15) is 12.1 Å². The SMILES string of the molecule is Cn1cnnc1Sc1ccc(CN2CCc3nc[nH]c3C2)o1. The van der Waals surface area contributed by atoms with Gasteiger partial charge >= 0.3 is 0 Å². The van der Waals surface area contributed by atoms with Crippen molar-refractivity contribution in [1.82, 2.24) is 29.6 Å². The van der Waals surface area contributed by atoms with Crippen LogP contribution in [0.1, 0.15) is 17.1 Å². The Morgan fingerprint density at radius 1 is 1.41 bits per heavy atom. The van der Waals surface area contributed by atoms with Gasteiger partial charge in [-0.3, -0.25) is 4.90 Å². The molecule has 0 bridgehead atoms. The standard InChI is InChI=1S/C14H16N6OS/c1-19-9-17-18-14(19)22-13-3-2-10(21-13)6-20-5-4-11-12(7-20)16-8-15-11/h2-3,8-9H,4-7H2,1H3,(H,15,16). The van der Waals surface area contributed by atoms with E-state index in [1.54, 1.807) is 12.7 Å². The molecule has 0 radical (unpaired) electrons. The Morgan fingerprint density at radius 2 is 2.36 bits per heavy atom. The van der Waals surface area contributed by atoms with Gasteiger partial charge in [-0.2, -0.15) is 0 Å². The molecule has 0 aromatic carbocycles. The monoisotopic (exact) mass is 316 g/mol. The highest BCUT2D eigenvalue weighted by Gasteiger charge is 2.19. The van der Waals surface area contributed by atoms with E-state index < -0.39 is 0 Å². The minimum atomic E-state index is 0.803. The predicted molar refractivity (Wildman–Crippen MR) is 80.2 cm³/mol. The number of H-pyrrole nitrogens is 1. The number of aryl methyl sites for hydroxylation is 1. The summed E-state index contributed by atoms with van der Waals surface area (Å²) in [5.41, 5.74) is 2.40. The van der Waals surface area contributed by atoms with Crippen LogP contribution in [-0.4, -0.2) is 36.2 Å². The molecule has 0 aliphatic carbocycles. The molecule has 0 amide bonds. The highest BCUT2D eigenvalue weighted by Crippen LogP contribution is 2.28. The second-order valence-corrected chi connectivity index (χ2v) is 6.31. The fourth-order valence-corrected chi connectivity index (χ4v) is 3.32. The normalized spacial score (nSPS) is 15.1. The van der Waals surface area contributed by atoms with Gasteiger partial charge in [-0.25, -0.2) is 4.98 Å². The average molecular weight is 316 g/mol. The van der Waals surface area contributed by atoms with Crippen molar-refractivity contribution in [3.8, 4) is 0 Å². The van der Waals surface area contributed by atoms with Gasteiger partial charge in [0.2, 0.25) is 0 Å². The highest BCUT2D eigenvalue weighted by molar-refractivity contribution is 7.99. The summed E-state index contributed by atoms with van der Waals surface area (Å²) in [6.45, 7) is 2.70. The Morgan fingerprint density at radius 3 is 3.23 bits per heavy atom. The fraction of sp³-hybridized carbons (Fsp3) is 0.357. The zero-order valence-electron chi connectivity index (χ0n) is 12.2. The van der Waals surface area contributed by atoms with Gasteiger partial charge in [0.25, 0.3) is 0 Å². The minimum absolute atomic E-state index is 0.803. The number of fused-ring (bicyclic) bond motifs is 1. The lowest BCUT2D eigenvalue weighted by atomic mass is 10.1. The summed E-state index contributed by atoms with van der Waals surface area (Å²) in [6.07, 6.45) is 4.44. The molecule has 1 aliphatic rings. The first-order valence-electron chi connectivity index (χ1n) is 7.12. The van der Waals surface area contributed by atoms with Crippen LogP contribution >= 0.6 is 11.8 Å². The molecule has 1 N–H and O–H groups in total. The minimum Gasteiger partial charge on any atom is -0.453 e. The van der Waals surface area contributed by atoms with Crippen molar-refractivity contribution < 1.29 is 4.42 Å². The molecule has 22 heavy (non-hydrogen) atoms.